The Labute approximate surface area is 131 Å². The molecule has 0 aromatic heterocycles. The zero-order valence-corrected chi connectivity index (χ0v) is 12.7. The van der Waals surface area contributed by atoms with E-state index in [-0.39, 0.29) is 18.0 Å². The van der Waals surface area contributed by atoms with Crippen molar-refractivity contribution in [3.63, 3.8) is 0 Å². The molecular formula is C19H22N2O. The van der Waals surface area contributed by atoms with Crippen LogP contribution < -0.4 is 10.6 Å². The number of benzene rings is 2. The first kappa shape index (κ1) is 14.8. The molecule has 2 N–H and O–H groups in total. The molecule has 0 bridgehead atoms. The molecule has 1 saturated heterocycles. The highest BCUT2D eigenvalue weighted by atomic mass is 16.2. The van der Waals surface area contributed by atoms with Crippen molar-refractivity contribution in [2.45, 2.75) is 31.3 Å². The molecule has 114 valence electrons. The molecule has 2 aromatic rings. The lowest BCUT2D eigenvalue weighted by molar-refractivity contribution is -0.123. The van der Waals surface area contributed by atoms with E-state index in [4.69, 9.17) is 0 Å². The number of nitrogens with one attached hydrogen (secondary N) is 2. The van der Waals surface area contributed by atoms with Crippen molar-refractivity contribution in [2.24, 2.45) is 0 Å². The molecule has 2 atom stereocenters. The van der Waals surface area contributed by atoms with Crippen molar-refractivity contribution in [1.29, 1.82) is 0 Å². The number of carbonyl (C=O) groups is 1. The summed E-state index contributed by atoms with van der Waals surface area (Å²) in [4.78, 5) is 12.4. The summed E-state index contributed by atoms with van der Waals surface area (Å²) in [6.07, 6.45) is 2.81. The normalized spacial score (nSPS) is 18.8. The molecule has 1 aliphatic heterocycles. The van der Waals surface area contributed by atoms with Crippen LogP contribution in [0.25, 0.3) is 0 Å². The first-order chi connectivity index (χ1) is 10.8. The molecule has 1 fully saturated rings. The lowest BCUT2D eigenvalue weighted by atomic mass is 9.98. The topological polar surface area (TPSA) is 41.1 Å². The maximum atomic E-state index is 12.4. The third-order valence-corrected chi connectivity index (χ3v) is 4.18. The minimum Gasteiger partial charge on any atom is -0.348 e. The average molecular weight is 294 g/mol. The van der Waals surface area contributed by atoms with Crippen molar-refractivity contribution < 1.29 is 4.79 Å². The minimum absolute atomic E-state index is 0.0125. The summed E-state index contributed by atoms with van der Waals surface area (Å²) in [7, 11) is 0. The lowest BCUT2D eigenvalue weighted by Crippen LogP contribution is -2.42. The van der Waals surface area contributed by atoms with Gasteiger partial charge in [0.25, 0.3) is 0 Å². The van der Waals surface area contributed by atoms with Gasteiger partial charge in [-0.05, 0) is 36.9 Å². The molecule has 22 heavy (non-hydrogen) atoms. The van der Waals surface area contributed by atoms with E-state index in [1.54, 1.807) is 0 Å². The van der Waals surface area contributed by atoms with E-state index in [2.05, 4.69) is 34.9 Å². The Morgan fingerprint density at radius 2 is 1.77 bits per heavy atom. The molecule has 3 nitrogen and oxygen atoms in total. The smallest absolute Gasteiger partial charge is 0.237 e. The SMILES string of the molecule is O=C(N[C@@H](Cc1ccccc1)c1ccccc1)[C@@H]1CCCN1. The molecular weight excluding hydrogens is 272 g/mol. The summed E-state index contributed by atoms with van der Waals surface area (Å²) in [5, 5.41) is 6.49. The molecule has 2 aromatic carbocycles. The van der Waals surface area contributed by atoms with Gasteiger partial charge in [0.1, 0.15) is 0 Å². The third kappa shape index (κ3) is 3.74. The van der Waals surface area contributed by atoms with Gasteiger partial charge in [-0.25, -0.2) is 0 Å². The quantitative estimate of drug-likeness (QED) is 0.890. The van der Waals surface area contributed by atoms with Gasteiger partial charge in [0.05, 0.1) is 12.1 Å². The Morgan fingerprint density at radius 1 is 1.09 bits per heavy atom. The number of carbonyl (C=O) groups excluding carboxylic acids is 1. The van der Waals surface area contributed by atoms with E-state index in [1.807, 2.05) is 36.4 Å². The van der Waals surface area contributed by atoms with Crippen molar-refractivity contribution in [3.05, 3.63) is 71.8 Å². The molecule has 0 unspecified atom stereocenters. The van der Waals surface area contributed by atoms with Crippen LogP contribution in [0, 0.1) is 0 Å². The molecule has 1 amide bonds. The summed E-state index contributed by atoms with van der Waals surface area (Å²) < 4.78 is 0. The van der Waals surface area contributed by atoms with E-state index in [9.17, 15) is 4.79 Å². The Hall–Kier alpha value is -2.13. The second kappa shape index (κ2) is 7.23. The first-order valence-corrected chi connectivity index (χ1v) is 7.95. The molecule has 0 spiro atoms. The standard InChI is InChI=1S/C19H22N2O/c22-19(17-12-7-13-20-17)21-18(16-10-5-2-6-11-16)14-15-8-3-1-4-9-15/h1-6,8-11,17-18,20H,7,12-14H2,(H,21,22)/t17-,18-/m0/s1. The first-order valence-electron chi connectivity index (χ1n) is 7.95. The van der Waals surface area contributed by atoms with Crippen LogP contribution >= 0.6 is 0 Å². The van der Waals surface area contributed by atoms with Crippen LogP contribution in [-0.4, -0.2) is 18.5 Å². The largest absolute Gasteiger partial charge is 0.348 e. The number of hydrogen-bond acceptors (Lipinski definition) is 2. The summed E-state index contributed by atoms with van der Waals surface area (Å²) in [5.74, 6) is 0.113. The monoisotopic (exact) mass is 294 g/mol. The number of hydrogen-bond donors (Lipinski definition) is 2. The van der Waals surface area contributed by atoms with Gasteiger partial charge in [0.2, 0.25) is 5.91 Å². The second-order valence-electron chi connectivity index (χ2n) is 5.81. The Balaban J connectivity index is 1.75. The third-order valence-electron chi connectivity index (χ3n) is 4.18. The fourth-order valence-corrected chi connectivity index (χ4v) is 2.97. The highest BCUT2D eigenvalue weighted by molar-refractivity contribution is 5.82. The molecule has 1 heterocycles. The fraction of sp³-hybridized carbons (Fsp3) is 0.316. The van der Waals surface area contributed by atoms with Crippen LogP contribution in [0.15, 0.2) is 60.7 Å². The van der Waals surface area contributed by atoms with E-state index >= 15 is 0 Å². The van der Waals surface area contributed by atoms with Crippen LogP contribution in [0.2, 0.25) is 0 Å². The number of rotatable bonds is 5. The fourth-order valence-electron chi connectivity index (χ4n) is 2.97. The predicted octanol–water partition coefficient (Wildman–Crippen LogP) is 2.84. The molecule has 3 rings (SSSR count). The molecule has 3 heteroatoms. The van der Waals surface area contributed by atoms with Crippen LogP contribution in [0.4, 0.5) is 0 Å². The van der Waals surface area contributed by atoms with Gasteiger partial charge in [-0.3, -0.25) is 4.79 Å². The van der Waals surface area contributed by atoms with Crippen molar-refractivity contribution in [3.8, 4) is 0 Å². The molecule has 0 aliphatic carbocycles. The molecule has 0 radical (unpaired) electrons. The lowest BCUT2D eigenvalue weighted by Gasteiger charge is -2.21. The van der Waals surface area contributed by atoms with Gasteiger partial charge in [0.15, 0.2) is 0 Å². The zero-order valence-electron chi connectivity index (χ0n) is 12.7. The second-order valence-corrected chi connectivity index (χ2v) is 5.81. The van der Waals surface area contributed by atoms with Crippen LogP contribution in [-0.2, 0) is 11.2 Å². The van der Waals surface area contributed by atoms with E-state index in [0.717, 1.165) is 31.4 Å². The zero-order chi connectivity index (χ0) is 15.2. The van der Waals surface area contributed by atoms with Gasteiger partial charge in [-0.2, -0.15) is 0 Å². The summed E-state index contributed by atoms with van der Waals surface area (Å²) in [6.45, 7) is 0.937. The maximum Gasteiger partial charge on any atom is 0.237 e. The van der Waals surface area contributed by atoms with E-state index in [1.165, 1.54) is 5.56 Å². The Morgan fingerprint density at radius 3 is 2.41 bits per heavy atom. The van der Waals surface area contributed by atoms with E-state index in [0.29, 0.717) is 0 Å². The predicted molar refractivity (Wildman–Crippen MR) is 88.5 cm³/mol. The highest BCUT2D eigenvalue weighted by Gasteiger charge is 2.24. The minimum atomic E-state index is -0.0398. The van der Waals surface area contributed by atoms with Gasteiger partial charge in [0, 0.05) is 0 Å². The van der Waals surface area contributed by atoms with Gasteiger partial charge >= 0.3 is 0 Å². The highest BCUT2D eigenvalue weighted by Crippen LogP contribution is 2.19. The van der Waals surface area contributed by atoms with E-state index < -0.39 is 0 Å². The van der Waals surface area contributed by atoms with Gasteiger partial charge in [-0.15, -0.1) is 0 Å². The molecule has 0 saturated carbocycles. The Kier molecular flexibility index (Phi) is 4.86. The van der Waals surface area contributed by atoms with Crippen LogP contribution in [0.3, 0.4) is 0 Å². The Bertz CT molecular complexity index is 591. The average Bonchev–Trinajstić information content (AvgIpc) is 3.11. The molecule has 1 aliphatic rings. The van der Waals surface area contributed by atoms with Crippen molar-refractivity contribution >= 4 is 5.91 Å². The summed E-state index contributed by atoms with van der Waals surface area (Å²) >= 11 is 0. The van der Waals surface area contributed by atoms with Crippen LogP contribution in [0.5, 0.6) is 0 Å². The maximum absolute atomic E-state index is 12.4. The van der Waals surface area contributed by atoms with Crippen molar-refractivity contribution in [2.75, 3.05) is 6.54 Å². The van der Waals surface area contributed by atoms with Crippen LogP contribution in [0.1, 0.15) is 30.0 Å². The summed E-state index contributed by atoms with van der Waals surface area (Å²) in [6, 6.07) is 20.5. The van der Waals surface area contributed by atoms with Crippen molar-refractivity contribution in [1.82, 2.24) is 10.6 Å². The summed E-state index contributed by atoms with van der Waals surface area (Å²) in [5.41, 5.74) is 2.38. The van der Waals surface area contributed by atoms with Gasteiger partial charge in [-0.1, -0.05) is 60.7 Å². The van der Waals surface area contributed by atoms with Gasteiger partial charge < -0.3 is 10.6 Å². The number of amides is 1.